The summed E-state index contributed by atoms with van der Waals surface area (Å²) in [5.74, 6) is 0. The van der Waals surface area contributed by atoms with Crippen LogP contribution in [0.1, 0.15) is 11.1 Å². The van der Waals surface area contributed by atoms with Gasteiger partial charge in [-0.2, -0.15) is 0 Å². The summed E-state index contributed by atoms with van der Waals surface area (Å²) >= 11 is 0. The van der Waals surface area contributed by atoms with E-state index in [1.54, 1.807) is 19.1 Å². The number of benzene rings is 2. The van der Waals surface area contributed by atoms with Crippen LogP contribution in [0.25, 0.3) is 0 Å². The second-order valence-electron chi connectivity index (χ2n) is 4.98. The summed E-state index contributed by atoms with van der Waals surface area (Å²) in [6.45, 7) is 3.10. The van der Waals surface area contributed by atoms with Crippen molar-refractivity contribution in [2.45, 2.75) is 28.5 Å². The quantitative estimate of drug-likeness (QED) is 0.817. The molecule has 8 heteroatoms. The van der Waals surface area contributed by atoms with Gasteiger partial charge in [0.05, 0.1) is 9.79 Å². The zero-order chi connectivity index (χ0) is 16.7. The van der Waals surface area contributed by atoms with Crippen LogP contribution in [0.5, 0.6) is 0 Å². The minimum Gasteiger partial charge on any atom is -0.399 e. The SMILES string of the molecule is Cc1ccc(N)cc1S(=O)(=O)c1cccc(C)c1S(N)(=O)=O. The number of sulfonamides is 1. The number of sulfone groups is 1. The molecule has 0 aliphatic heterocycles. The van der Waals surface area contributed by atoms with Crippen LogP contribution in [0.3, 0.4) is 0 Å². The lowest BCUT2D eigenvalue weighted by Crippen LogP contribution is -2.18. The van der Waals surface area contributed by atoms with Gasteiger partial charge in [0.2, 0.25) is 19.9 Å². The van der Waals surface area contributed by atoms with Crippen molar-refractivity contribution < 1.29 is 16.8 Å². The molecule has 0 atom stereocenters. The summed E-state index contributed by atoms with van der Waals surface area (Å²) in [4.78, 5) is -0.775. The number of nitrogens with two attached hydrogens (primary N) is 2. The van der Waals surface area contributed by atoms with Crippen LogP contribution < -0.4 is 10.9 Å². The number of hydrogen-bond donors (Lipinski definition) is 2. The average molecular weight is 340 g/mol. The fourth-order valence-corrected chi connectivity index (χ4v) is 5.45. The van der Waals surface area contributed by atoms with Gasteiger partial charge >= 0.3 is 0 Å². The Hall–Kier alpha value is -1.90. The predicted molar refractivity (Wildman–Crippen MR) is 83.6 cm³/mol. The van der Waals surface area contributed by atoms with Crippen LogP contribution in [0.15, 0.2) is 51.1 Å². The number of primary sulfonamides is 1. The molecule has 22 heavy (non-hydrogen) atoms. The van der Waals surface area contributed by atoms with Crippen molar-refractivity contribution in [3.05, 3.63) is 47.5 Å². The lowest BCUT2D eigenvalue weighted by Gasteiger charge is -2.13. The smallest absolute Gasteiger partial charge is 0.239 e. The highest BCUT2D eigenvalue weighted by atomic mass is 32.2. The summed E-state index contributed by atoms with van der Waals surface area (Å²) < 4.78 is 49.3. The largest absolute Gasteiger partial charge is 0.399 e. The Morgan fingerprint density at radius 2 is 1.50 bits per heavy atom. The van der Waals surface area contributed by atoms with Gasteiger partial charge in [0, 0.05) is 5.69 Å². The third-order valence-corrected chi connectivity index (χ3v) is 6.43. The minimum atomic E-state index is -4.19. The number of nitrogen functional groups attached to an aromatic ring is 1. The maximum Gasteiger partial charge on any atom is 0.239 e. The fourth-order valence-electron chi connectivity index (χ4n) is 2.23. The molecule has 0 spiro atoms. The van der Waals surface area contributed by atoms with Crippen molar-refractivity contribution in [1.82, 2.24) is 0 Å². The average Bonchev–Trinajstić information content (AvgIpc) is 2.39. The molecule has 6 nitrogen and oxygen atoms in total. The number of anilines is 1. The van der Waals surface area contributed by atoms with E-state index in [0.717, 1.165) is 0 Å². The van der Waals surface area contributed by atoms with Crippen molar-refractivity contribution >= 4 is 25.5 Å². The second-order valence-corrected chi connectivity index (χ2v) is 8.36. The van der Waals surface area contributed by atoms with Gasteiger partial charge < -0.3 is 5.73 Å². The van der Waals surface area contributed by atoms with E-state index in [1.807, 2.05) is 0 Å². The van der Waals surface area contributed by atoms with Gasteiger partial charge in [-0.1, -0.05) is 18.2 Å². The van der Waals surface area contributed by atoms with Gasteiger partial charge in [-0.15, -0.1) is 0 Å². The Morgan fingerprint density at radius 3 is 2.09 bits per heavy atom. The number of hydrogen-bond acceptors (Lipinski definition) is 5. The Balaban J connectivity index is 2.87. The van der Waals surface area contributed by atoms with Gasteiger partial charge in [0.25, 0.3) is 0 Å². The van der Waals surface area contributed by atoms with E-state index in [1.165, 1.54) is 31.2 Å². The second kappa shape index (κ2) is 5.38. The Morgan fingerprint density at radius 1 is 0.864 bits per heavy atom. The summed E-state index contributed by atoms with van der Waals surface area (Å²) in [6, 6.07) is 8.63. The lowest BCUT2D eigenvalue weighted by atomic mass is 10.2. The fraction of sp³-hybridized carbons (Fsp3) is 0.143. The summed E-state index contributed by atoms with van der Waals surface area (Å²) in [5.41, 5.74) is 6.66. The van der Waals surface area contributed by atoms with E-state index >= 15 is 0 Å². The molecule has 0 saturated carbocycles. The summed E-state index contributed by atoms with van der Waals surface area (Å²) in [7, 11) is -8.26. The highest BCUT2D eigenvalue weighted by Crippen LogP contribution is 2.31. The molecule has 0 fully saturated rings. The van der Waals surface area contributed by atoms with Crippen LogP contribution in [0, 0.1) is 13.8 Å². The molecule has 2 aromatic carbocycles. The normalized spacial score (nSPS) is 12.3. The van der Waals surface area contributed by atoms with Crippen LogP contribution in [0.2, 0.25) is 0 Å². The van der Waals surface area contributed by atoms with Crippen molar-refractivity contribution in [1.29, 1.82) is 0 Å². The molecule has 0 aromatic heterocycles. The highest BCUT2D eigenvalue weighted by molar-refractivity contribution is 7.93. The van der Waals surface area contributed by atoms with E-state index < -0.39 is 24.8 Å². The van der Waals surface area contributed by atoms with Gasteiger partial charge in [-0.3, -0.25) is 0 Å². The van der Waals surface area contributed by atoms with Crippen LogP contribution in [-0.2, 0) is 19.9 Å². The monoisotopic (exact) mass is 340 g/mol. The first-order valence-corrected chi connectivity index (χ1v) is 9.31. The molecule has 0 amide bonds. The van der Waals surface area contributed by atoms with Crippen LogP contribution in [-0.4, -0.2) is 16.8 Å². The standard InChI is InChI=1S/C14H16N2O4S2/c1-9-6-7-11(15)8-13(9)21(17,18)12-5-3-4-10(2)14(12)22(16,19)20/h3-8H,15H2,1-2H3,(H2,16,19,20). The first-order valence-electron chi connectivity index (χ1n) is 6.29. The molecular weight excluding hydrogens is 324 g/mol. The highest BCUT2D eigenvalue weighted by Gasteiger charge is 2.28. The molecule has 0 radical (unpaired) electrons. The van der Waals surface area contributed by atoms with Crippen molar-refractivity contribution in [2.75, 3.05) is 5.73 Å². The number of aryl methyl sites for hydroxylation is 2. The third kappa shape index (κ3) is 2.85. The first-order chi connectivity index (χ1) is 10.0. The molecule has 0 aliphatic rings. The van der Waals surface area contributed by atoms with E-state index in [0.29, 0.717) is 5.56 Å². The molecule has 2 aromatic rings. The van der Waals surface area contributed by atoms with Crippen molar-refractivity contribution in [3.8, 4) is 0 Å². The maximum atomic E-state index is 12.9. The lowest BCUT2D eigenvalue weighted by molar-refractivity contribution is 0.582. The Labute approximate surface area is 129 Å². The van der Waals surface area contributed by atoms with Gasteiger partial charge in [0.1, 0.15) is 4.90 Å². The molecule has 0 aliphatic carbocycles. The maximum absolute atomic E-state index is 12.9. The molecule has 0 saturated heterocycles. The third-order valence-electron chi connectivity index (χ3n) is 3.25. The van der Waals surface area contributed by atoms with Crippen molar-refractivity contribution in [2.24, 2.45) is 5.14 Å². The molecule has 2 rings (SSSR count). The zero-order valence-corrected chi connectivity index (χ0v) is 13.7. The van der Waals surface area contributed by atoms with E-state index in [-0.39, 0.29) is 21.0 Å². The number of rotatable bonds is 3. The Kier molecular flexibility index (Phi) is 4.03. The van der Waals surface area contributed by atoms with Crippen molar-refractivity contribution in [3.63, 3.8) is 0 Å². The summed E-state index contributed by atoms with van der Waals surface area (Å²) in [5, 5.41) is 5.18. The van der Waals surface area contributed by atoms with E-state index in [9.17, 15) is 16.8 Å². The van der Waals surface area contributed by atoms with E-state index in [4.69, 9.17) is 10.9 Å². The molecule has 0 bridgehead atoms. The van der Waals surface area contributed by atoms with E-state index in [2.05, 4.69) is 0 Å². The summed E-state index contributed by atoms with van der Waals surface area (Å²) in [6.07, 6.45) is 0. The van der Waals surface area contributed by atoms with Gasteiger partial charge in [-0.25, -0.2) is 22.0 Å². The van der Waals surface area contributed by atoms with Gasteiger partial charge in [0.15, 0.2) is 0 Å². The van der Waals surface area contributed by atoms with Crippen LogP contribution in [0.4, 0.5) is 5.69 Å². The molecule has 0 heterocycles. The van der Waals surface area contributed by atoms with Gasteiger partial charge in [-0.05, 0) is 43.2 Å². The molecular formula is C14H16N2O4S2. The van der Waals surface area contributed by atoms with Crippen LogP contribution >= 0.6 is 0 Å². The molecule has 4 N–H and O–H groups in total. The predicted octanol–water partition coefficient (Wildman–Crippen LogP) is 1.37. The Bertz CT molecular complexity index is 949. The minimum absolute atomic E-state index is 0.0389. The topological polar surface area (TPSA) is 120 Å². The molecule has 0 unspecified atom stereocenters. The first kappa shape index (κ1) is 16.5. The molecule has 118 valence electrons. The zero-order valence-electron chi connectivity index (χ0n) is 12.1.